The maximum absolute atomic E-state index is 12.2. The molecule has 0 bridgehead atoms. The Morgan fingerprint density at radius 3 is 3.05 bits per heavy atom. The summed E-state index contributed by atoms with van der Waals surface area (Å²) in [5, 5.41) is 5.70. The standard InChI is InChI=1S/C15H12N2O3S2/c1-21-7-10-8-22-15(16-10)17-13(18)11-6-9-4-2-3-5-12(9)20-14(11)19/h2-6,8H,7H2,1H3,(H,16,17,18). The SMILES string of the molecule is CSCc1csc(NC(=O)c2cc3ccccc3oc2=O)n1. The summed E-state index contributed by atoms with van der Waals surface area (Å²) < 4.78 is 5.16. The number of benzene rings is 1. The van der Waals surface area contributed by atoms with E-state index in [0.717, 1.165) is 11.4 Å². The molecule has 0 unspecified atom stereocenters. The predicted molar refractivity (Wildman–Crippen MR) is 89.8 cm³/mol. The van der Waals surface area contributed by atoms with E-state index in [2.05, 4.69) is 10.3 Å². The van der Waals surface area contributed by atoms with Gasteiger partial charge in [-0.2, -0.15) is 11.8 Å². The van der Waals surface area contributed by atoms with Gasteiger partial charge in [-0.3, -0.25) is 10.1 Å². The van der Waals surface area contributed by atoms with Crippen molar-refractivity contribution >= 4 is 45.1 Å². The van der Waals surface area contributed by atoms with Crippen molar-refractivity contribution in [2.75, 3.05) is 11.6 Å². The molecule has 2 aromatic heterocycles. The molecule has 0 aliphatic carbocycles. The van der Waals surface area contributed by atoms with Crippen LogP contribution in [0.2, 0.25) is 0 Å². The summed E-state index contributed by atoms with van der Waals surface area (Å²) in [5.74, 6) is 0.273. The Balaban J connectivity index is 1.88. The lowest BCUT2D eigenvalue weighted by Crippen LogP contribution is -2.20. The fraction of sp³-hybridized carbons (Fsp3) is 0.133. The Morgan fingerprint density at radius 1 is 1.41 bits per heavy atom. The van der Waals surface area contributed by atoms with Gasteiger partial charge in [-0.25, -0.2) is 9.78 Å². The number of hydrogen-bond donors (Lipinski definition) is 1. The zero-order chi connectivity index (χ0) is 15.5. The summed E-state index contributed by atoms with van der Waals surface area (Å²) in [6.45, 7) is 0. The van der Waals surface area contributed by atoms with E-state index in [-0.39, 0.29) is 5.56 Å². The fourth-order valence-electron chi connectivity index (χ4n) is 1.96. The average molecular weight is 332 g/mol. The number of nitrogens with zero attached hydrogens (tertiary/aromatic N) is 1. The third-order valence-electron chi connectivity index (χ3n) is 2.95. The van der Waals surface area contributed by atoms with Gasteiger partial charge in [0.15, 0.2) is 5.13 Å². The first-order valence-electron chi connectivity index (χ1n) is 6.45. The number of aromatic nitrogens is 1. The van der Waals surface area contributed by atoms with Crippen molar-refractivity contribution < 1.29 is 9.21 Å². The van der Waals surface area contributed by atoms with Crippen LogP contribution in [0.1, 0.15) is 16.1 Å². The molecule has 22 heavy (non-hydrogen) atoms. The maximum Gasteiger partial charge on any atom is 0.349 e. The van der Waals surface area contributed by atoms with Gasteiger partial charge in [0, 0.05) is 16.5 Å². The quantitative estimate of drug-likeness (QED) is 0.742. The molecule has 0 saturated carbocycles. The summed E-state index contributed by atoms with van der Waals surface area (Å²) in [6, 6.07) is 8.60. The van der Waals surface area contributed by atoms with Crippen LogP contribution in [0.15, 0.2) is 44.9 Å². The molecule has 112 valence electrons. The Bertz CT molecular complexity index is 886. The number of para-hydroxylation sites is 1. The monoisotopic (exact) mass is 332 g/mol. The molecule has 0 spiro atoms. The first kappa shape index (κ1) is 14.8. The molecule has 3 rings (SSSR count). The number of fused-ring (bicyclic) bond motifs is 1. The number of thiazole rings is 1. The van der Waals surface area contributed by atoms with Crippen molar-refractivity contribution in [2.24, 2.45) is 0 Å². The molecule has 5 nitrogen and oxygen atoms in total. The van der Waals surface area contributed by atoms with Crippen LogP contribution in [0.25, 0.3) is 11.0 Å². The van der Waals surface area contributed by atoms with Gasteiger partial charge < -0.3 is 4.42 Å². The molecule has 2 heterocycles. The molecule has 1 amide bonds. The average Bonchev–Trinajstić information content (AvgIpc) is 2.94. The molecule has 7 heteroatoms. The summed E-state index contributed by atoms with van der Waals surface area (Å²) in [4.78, 5) is 28.5. The second kappa shape index (κ2) is 6.33. The minimum Gasteiger partial charge on any atom is -0.422 e. The number of thioether (sulfide) groups is 1. The predicted octanol–water partition coefficient (Wildman–Crippen LogP) is 3.36. The van der Waals surface area contributed by atoms with Crippen LogP contribution >= 0.6 is 23.1 Å². The molecule has 1 N–H and O–H groups in total. The largest absolute Gasteiger partial charge is 0.422 e. The first-order chi connectivity index (χ1) is 10.7. The maximum atomic E-state index is 12.2. The van der Waals surface area contributed by atoms with Crippen molar-refractivity contribution in [1.29, 1.82) is 0 Å². The number of hydrogen-bond acceptors (Lipinski definition) is 6. The Labute approximate surface area is 134 Å². The van der Waals surface area contributed by atoms with E-state index in [0.29, 0.717) is 16.1 Å². The molecule has 0 saturated heterocycles. The number of anilines is 1. The Kier molecular flexibility index (Phi) is 4.26. The van der Waals surface area contributed by atoms with Crippen molar-refractivity contribution in [1.82, 2.24) is 4.98 Å². The molecular formula is C15H12N2O3S2. The molecule has 1 aromatic carbocycles. The summed E-state index contributed by atoms with van der Waals surface area (Å²) in [6.07, 6.45) is 1.98. The lowest BCUT2D eigenvalue weighted by molar-refractivity contribution is 0.102. The highest BCUT2D eigenvalue weighted by Gasteiger charge is 2.15. The number of nitrogens with one attached hydrogen (secondary N) is 1. The second-order valence-corrected chi connectivity index (χ2v) is 6.24. The van der Waals surface area contributed by atoms with Gasteiger partial charge in [-0.15, -0.1) is 11.3 Å². The minimum absolute atomic E-state index is 0.0275. The Morgan fingerprint density at radius 2 is 2.23 bits per heavy atom. The molecule has 0 aliphatic rings. The van der Waals surface area contributed by atoms with Crippen molar-refractivity contribution in [3.63, 3.8) is 0 Å². The number of carbonyl (C=O) groups excluding carboxylic acids is 1. The van der Waals surface area contributed by atoms with Crippen LogP contribution in [-0.2, 0) is 5.75 Å². The minimum atomic E-state index is -0.655. The van der Waals surface area contributed by atoms with Crippen LogP contribution in [0, 0.1) is 0 Å². The zero-order valence-electron chi connectivity index (χ0n) is 11.7. The van der Waals surface area contributed by atoms with E-state index < -0.39 is 11.5 Å². The Hall–Kier alpha value is -2.12. The smallest absolute Gasteiger partial charge is 0.349 e. The van der Waals surface area contributed by atoms with E-state index >= 15 is 0 Å². The van der Waals surface area contributed by atoms with Gasteiger partial charge >= 0.3 is 5.63 Å². The van der Waals surface area contributed by atoms with Gasteiger partial charge in [-0.05, 0) is 18.4 Å². The van der Waals surface area contributed by atoms with Gasteiger partial charge in [-0.1, -0.05) is 18.2 Å². The third kappa shape index (κ3) is 3.05. The normalized spacial score (nSPS) is 10.8. The fourth-order valence-corrected chi connectivity index (χ4v) is 3.22. The highest BCUT2D eigenvalue weighted by molar-refractivity contribution is 7.97. The molecule has 3 aromatic rings. The van der Waals surface area contributed by atoms with Crippen LogP contribution in [0.3, 0.4) is 0 Å². The summed E-state index contributed by atoms with van der Waals surface area (Å²) in [5.41, 5.74) is 0.677. The van der Waals surface area contributed by atoms with E-state index in [1.165, 1.54) is 17.4 Å². The number of rotatable bonds is 4. The zero-order valence-corrected chi connectivity index (χ0v) is 13.3. The van der Waals surface area contributed by atoms with Crippen molar-refractivity contribution in [3.05, 3.63) is 57.4 Å². The second-order valence-electron chi connectivity index (χ2n) is 4.52. The van der Waals surface area contributed by atoms with Crippen molar-refractivity contribution in [3.8, 4) is 0 Å². The molecule has 0 aliphatic heterocycles. The highest BCUT2D eigenvalue weighted by Crippen LogP contribution is 2.19. The third-order valence-corrected chi connectivity index (χ3v) is 4.34. The van der Waals surface area contributed by atoms with Crippen LogP contribution < -0.4 is 10.9 Å². The molecule has 0 atom stereocenters. The van der Waals surface area contributed by atoms with E-state index in [4.69, 9.17) is 4.42 Å². The van der Waals surface area contributed by atoms with Crippen LogP contribution in [0.4, 0.5) is 5.13 Å². The first-order valence-corrected chi connectivity index (χ1v) is 8.72. The van der Waals surface area contributed by atoms with Gasteiger partial charge in [0.2, 0.25) is 0 Å². The highest BCUT2D eigenvalue weighted by atomic mass is 32.2. The molecule has 0 radical (unpaired) electrons. The van der Waals surface area contributed by atoms with E-state index in [9.17, 15) is 9.59 Å². The lowest BCUT2D eigenvalue weighted by Gasteiger charge is -2.02. The van der Waals surface area contributed by atoms with E-state index in [1.807, 2.05) is 17.7 Å². The number of carbonyl (C=O) groups is 1. The molecule has 0 fully saturated rings. The summed E-state index contributed by atoms with van der Waals surface area (Å²) in [7, 11) is 0. The van der Waals surface area contributed by atoms with Gasteiger partial charge in [0.05, 0.1) is 5.69 Å². The molecular weight excluding hydrogens is 320 g/mol. The number of amides is 1. The van der Waals surface area contributed by atoms with Crippen LogP contribution in [-0.4, -0.2) is 17.1 Å². The summed E-state index contributed by atoms with van der Waals surface area (Å²) >= 11 is 2.99. The van der Waals surface area contributed by atoms with E-state index in [1.54, 1.807) is 30.0 Å². The van der Waals surface area contributed by atoms with Crippen molar-refractivity contribution in [2.45, 2.75) is 5.75 Å². The topological polar surface area (TPSA) is 72.2 Å². The lowest BCUT2D eigenvalue weighted by atomic mass is 10.2. The van der Waals surface area contributed by atoms with Gasteiger partial charge in [0.1, 0.15) is 11.1 Å². The van der Waals surface area contributed by atoms with Gasteiger partial charge in [0.25, 0.3) is 5.91 Å². The van der Waals surface area contributed by atoms with Crippen LogP contribution in [0.5, 0.6) is 0 Å².